The number of esters is 1. The largest absolute Gasteiger partial charge is 0.463 e. The molecule has 1 saturated heterocycles. The third-order valence-corrected chi connectivity index (χ3v) is 1.87. The predicted molar refractivity (Wildman–Crippen MR) is 44.7 cm³/mol. The second-order valence-electron chi connectivity index (χ2n) is 2.73. The fourth-order valence-electron chi connectivity index (χ4n) is 1.19. The molecule has 68 valence electrons. The van der Waals surface area contributed by atoms with E-state index in [1.807, 2.05) is 6.92 Å². The van der Waals surface area contributed by atoms with Gasteiger partial charge in [0.15, 0.2) is 0 Å². The van der Waals surface area contributed by atoms with Crippen molar-refractivity contribution in [2.45, 2.75) is 26.4 Å². The maximum atomic E-state index is 11.0. The highest BCUT2D eigenvalue weighted by molar-refractivity contribution is 5.83. The van der Waals surface area contributed by atoms with Crippen molar-refractivity contribution in [3.63, 3.8) is 0 Å². The van der Waals surface area contributed by atoms with Crippen LogP contribution in [0, 0.1) is 0 Å². The summed E-state index contributed by atoms with van der Waals surface area (Å²) in [5.74, 6) is -0.259. The second kappa shape index (κ2) is 4.26. The van der Waals surface area contributed by atoms with E-state index >= 15 is 0 Å². The van der Waals surface area contributed by atoms with Crippen molar-refractivity contribution < 1.29 is 14.3 Å². The van der Waals surface area contributed by atoms with Gasteiger partial charge in [-0.3, -0.25) is 0 Å². The van der Waals surface area contributed by atoms with E-state index in [2.05, 4.69) is 0 Å². The quantitative estimate of drug-likeness (QED) is 0.462. The minimum atomic E-state index is -0.259. The fraction of sp³-hybridized carbons (Fsp3) is 0.667. The van der Waals surface area contributed by atoms with Crippen LogP contribution in [0.5, 0.6) is 0 Å². The molecular formula is C9H14O3. The topological polar surface area (TPSA) is 35.5 Å². The van der Waals surface area contributed by atoms with Crippen molar-refractivity contribution in [1.29, 1.82) is 0 Å². The molecule has 0 aliphatic carbocycles. The molecule has 0 N–H and O–H groups in total. The highest BCUT2D eigenvalue weighted by atomic mass is 16.5. The molecule has 0 spiro atoms. The molecule has 0 amide bonds. The lowest BCUT2D eigenvalue weighted by Gasteiger charge is -2.02. The lowest BCUT2D eigenvalue weighted by molar-refractivity contribution is -0.137. The van der Waals surface area contributed by atoms with Gasteiger partial charge in [0.2, 0.25) is 0 Å². The zero-order valence-electron chi connectivity index (χ0n) is 7.50. The molecule has 1 fully saturated rings. The summed E-state index contributed by atoms with van der Waals surface area (Å²) in [6.45, 7) is 4.88. The monoisotopic (exact) mass is 170 g/mol. The molecule has 1 aliphatic rings. The molecule has 1 unspecified atom stereocenters. The summed E-state index contributed by atoms with van der Waals surface area (Å²) in [5, 5.41) is 0. The molecule has 1 heterocycles. The van der Waals surface area contributed by atoms with E-state index in [0.29, 0.717) is 13.2 Å². The van der Waals surface area contributed by atoms with Gasteiger partial charge in [-0.05, 0) is 25.8 Å². The van der Waals surface area contributed by atoms with Gasteiger partial charge < -0.3 is 9.47 Å². The molecule has 0 radical (unpaired) electrons. The van der Waals surface area contributed by atoms with Crippen LogP contribution < -0.4 is 0 Å². The lowest BCUT2D eigenvalue weighted by atomic mass is 10.1. The normalized spacial score (nSPS) is 26.2. The summed E-state index contributed by atoms with van der Waals surface area (Å²) < 4.78 is 10.0. The minimum absolute atomic E-state index is 0.0782. The van der Waals surface area contributed by atoms with E-state index in [9.17, 15) is 4.79 Å². The Morgan fingerprint density at radius 3 is 3.08 bits per heavy atom. The van der Waals surface area contributed by atoms with Crippen LogP contribution in [-0.2, 0) is 14.3 Å². The average molecular weight is 170 g/mol. The Balaban J connectivity index is 2.49. The van der Waals surface area contributed by atoms with Crippen LogP contribution in [0.3, 0.4) is 0 Å². The van der Waals surface area contributed by atoms with Crippen molar-refractivity contribution in [3.05, 3.63) is 11.6 Å². The number of hydrogen-bond donors (Lipinski definition) is 0. The molecule has 1 rings (SSSR count). The highest BCUT2D eigenvalue weighted by Crippen LogP contribution is 2.18. The highest BCUT2D eigenvalue weighted by Gasteiger charge is 2.17. The van der Waals surface area contributed by atoms with Gasteiger partial charge in [-0.2, -0.15) is 0 Å². The maximum Gasteiger partial charge on any atom is 0.330 e. The molecule has 0 saturated carbocycles. The van der Waals surface area contributed by atoms with E-state index in [0.717, 1.165) is 12.0 Å². The Kier molecular flexibility index (Phi) is 3.29. The van der Waals surface area contributed by atoms with Crippen molar-refractivity contribution in [2.75, 3.05) is 13.2 Å². The minimum Gasteiger partial charge on any atom is -0.463 e. The van der Waals surface area contributed by atoms with Crippen molar-refractivity contribution in [3.8, 4) is 0 Å². The molecule has 1 atom stereocenters. The third kappa shape index (κ3) is 2.34. The maximum absolute atomic E-state index is 11.0. The fourth-order valence-corrected chi connectivity index (χ4v) is 1.19. The first kappa shape index (κ1) is 9.26. The molecule has 3 nitrogen and oxygen atoms in total. The number of ether oxygens (including phenoxy) is 2. The Hall–Kier alpha value is -0.830. The Morgan fingerprint density at radius 1 is 1.83 bits per heavy atom. The van der Waals surface area contributed by atoms with E-state index in [4.69, 9.17) is 9.47 Å². The number of hydrogen-bond acceptors (Lipinski definition) is 3. The second-order valence-corrected chi connectivity index (χ2v) is 2.73. The van der Waals surface area contributed by atoms with Crippen LogP contribution in [-0.4, -0.2) is 25.3 Å². The first-order valence-corrected chi connectivity index (χ1v) is 4.23. The van der Waals surface area contributed by atoms with E-state index in [1.165, 1.54) is 0 Å². The molecule has 0 aromatic carbocycles. The SMILES string of the molecule is CCOC(=O)/C=C1/CCOC1C. The van der Waals surface area contributed by atoms with Crippen LogP contribution in [0.1, 0.15) is 20.3 Å². The lowest BCUT2D eigenvalue weighted by Crippen LogP contribution is -2.05. The Bertz CT molecular complexity index is 196. The van der Waals surface area contributed by atoms with Crippen LogP contribution in [0.15, 0.2) is 11.6 Å². The zero-order valence-corrected chi connectivity index (χ0v) is 7.50. The van der Waals surface area contributed by atoms with Crippen LogP contribution in [0.25, 0.3) is 0 Å². The van der Waals surface area contributed by atoms with Crippen LogP contribution in [0.4, 0.5) is 0 Å². The van der Waals surface area contributed by atoms with Gasteiger partial charge in [0.1, 0.15) is 0 Å². The molecule has 3 heteroatoms. The number of carbonyl (C=O) groups is 1. The molecule has 0 aromatic rings. The van der Waals surface area contributed by atoms with E-state index < -0.39 is 0 Å². The van der Waals surface area contributed by atoms with Crippen molar-refractivity contribution in [1.82, 2.24) is 0 Å². The number of rotatable bonds is 2. The van der Waals surface area contributed by atoms with Gasteiger partial charge in [-0.25, -0.2) is 4.79 Å². The average Bonchev–Trinajstić information content (AvgIpc) is 2.37. The first-order chi connectivity index (χ1) is 5.74. The molecule has 12 heavy (non-hydrogen) atoms. The molecular weight excluding hydrogens is 156 g/mol. The van der Waals surface area contributed by atoms with Gasteiger partial charge in [-0.1, -0.05) is 0 Å². The third-order valence-electron chi connectivity index (χ3n) is 1.87. The Morgan fingerprint density at radius 2 is 2.58 bits per heavy atom. The summed E-state index contributed by atoms with van der Waals surface area (Å²) in [7, 11) is 0. The predicted octanol–water partition coefficient (Wildman–Crippen LogP) is 1.28. The van der Waals surface area contributed by atoms with Crippen molar-refractivity contribution >= 4 is 5.97 Å². The smallest absolute Gasteiger partial charge is 0.330 e. The van der Waals surface area contributed by atoms with Gasteiger partial charge in [0.25, 0.3) is 0 Å². The molecule has 0 bridgehead atoms. The van der Waals surface area contributed by atoms with Gasteiger partial charge >= 0.3 is 5.97 Å². The summed E-state index contributed by atoms with van der Waals surface area (Å²) in [5.41, 5.74) is 1.04. The van der Waals surface area contributed by atoms with Crippen LogP contribution in [0.2, 0.25) is 0 Å². The summed E-state index contributed by atoms with van der Waals surface area (Å²) >= 11 is 0. The molecule has 1 aliphatic heterocycles. The summed E-state index contributed by atoms with van der Waals surface area (Å²) in [4.78, 5) is 11.0. The standard InChI is InChI=1S/C9H14O3/c1-3-11-9(10)6-8-4-5-12-7(8)2/h6-7H,3-5H2,1-2H3/b8-6-. The van der Waals surface area contributed by atoms with E-state index in [-0.39, 0.29) is 12.1 Å². The number of carbonyl (C=O) groups excluding carboxylic acids is 1. The zero-order chi connectivity index (χ0) is 8.97. The van der Waals surface area contributed by atoms with Crippen molar-refractivity contribution in [2.24, 2.45) is 0 Å². The van der Waals surface area contributed by atoms with E-state index in [1.54, 1.807) is 13.0 Å². The van der Waals surface area contributed by atoms with Crippen LogP contribution >= 0.6 is 0 Å². The van der Waals surface area contributed by atoms with Gasteiger partial charge in [0, 0.05) is 6.08 Å². The Labute approximate surface area is 72.4 Å². The van der Waals surface area contributed by atoms with Gasteiger partial charge in [0.05, 0.1) is 19.3 Å². The first-order valence-electron chi connectivity index (χ1n) is 4.23. The van der Waals surface area contributed by atoms with Gasteiger partial charge in [-0.15, -0.1) is 0 Å². The summed E-state index contributed by atoms with van der Waals surface area (Å²) in [6.07, 6.45) is 2.47. The summed E-state index contributed by atoms with van der Waals surface area (Å²) in [6, 6.07) is 0. The molecule has 0 aromatic heterocycles.